The standard InChI is InChI=1S/C17H14BrF4N5/c18-13-6-15-25-12(17(20,21)22)5-14(27(15)26-13)24-9-16(7-23-8-16)10-1-3-11(19)4-2-10/h1-6,23-24H,7-9H2. The first-order valence-corrected chi connectivity index (χ1v) is 8.90. The Morgan fingerprint density at radius 3 is 2.48 bits per heavy atom. The molecular weight excluding hydrogens is 430 g/mol. The van der Waals surface area contributed by atoms with Crippen molar-refractivity contribution in [1.82, 2.24) is 19.9 Å². The van der Waals surface area contributed by atoms with Gasteiger partial charge in [-0.05, 0) is 33.6 Å². The summed E-state index contributed by atoms with van der Waals surface area (Å²) in [6.07, 6.45) is -4.57. The molecule has 0 amide bonds. The SMILES string of the molecule is Fc1ccc(C2(CNc3cc(C(F)(F)F)nc4cc(Br)nn34)CNC2)cc1. The zero-order chi connectivity index (χ0) is 19.2. The van der Waals surface area contributed by atoms with E-state index < -0.39 is 11.9 Å². The molecule has 0 bridgehead atoms. The van der Waals surface area contributed by atoms with Crippen molar-refractivity contribution in [2.45, 2.75) is 11.6 Å². The normalized spacial score (nSPS) is 16.3. The van der Waals surface area contributed by atoms with E-state index in [4.69, 9.17) is 0 Å². The molecule has 3 aromatic rings. The van der Waals surface area contributed by atoms with Crippen LogP contribution in [0.1, 0.15) is 11.3 Å². The van der Waals surface area contributed by atoms with Gasteiger partial charge in [0.15, 0.2) is 11.3 Å². The number of aromatic nitrogens is 3. The van der Waals surface area contributed by atoms with Gasteiger partial charge in [-0.25, -0.2) is 9.37 Å². The van der Waals surface area contributed by atoms with Crippen LogP contribution in [0.15, 0.2) is 41.0 Å². The largest absolute Gasteiger partial charge is 0.433 e. The van der Waals surface area contributed by atoms with Gasteiger partial charge in [-0.3, -0.25) is 0 Å². The Morgan fingerprint density at radius 2 is 1.89 bits per heavy atom. The van der Waals surface area contributed by atoms with E-state index in [1.807, 2.05) is 0 Å². The highest BCUT2D eigenvalue weighted by molar-refractivity contribution is 9.10. The van der Waals surface area contributed by atoms with Crippen molar-refractivity contribution < 1.29 is 17.6 Å². The molecule has 1 aliphatic rings. The Kier molecular flexibility index (Phi) is 4.34. The molecule has 1 fully saturated rings. The zero-order valence-electron chi connectivity index (χ0n) is 13.8. The predicted octanol–water partition coefficient (Wildman–Crippen LogP) is 3.60. The van der Waals surface area contributed by atoms with Gasteiger partial charge in [0.1, 0.15) is 16.2 Å². The zero-order valence-corrected chi connectivity index (χ0v) is 15.4. The number of nitrogens with zero attached hydrogens (tertiary/aromatic N) is 3. The van der Waals surface area contributed by atoms with Crippen molar-refractivity contribution in [2.75, 3.05) is 25.0 Å². The van der Waals surface area contributed by atoms with Crippen LogP contribution < -0.4 is 10.6 Å². The molecular formula is C17H14BrF4N5. The number of alkyl halides is 3. The highest BCUT2D eigenvalue weighted by Gasteiger charge is 2.39. The van der Waals surface area contributed by atoms with Crippen LogP contribution in [0.3, 0.4) is 0 Å². The number of nitrogens with one attached hydrogen (secondary N) is 2. The Hall–Kier alpha value is -2.20. The highest BCUT2D eigenvalue weighted by Crippen LogP contribution is 2.32. The van der Waals surface area contributed by atoms with E-state index in [0.29, 0.717) is 24.2 Å². The number of hydrogen-bond acceptors (Lipinski definition) is 4. The molecule has 4 rings (SSSR count). The summed E-state index contributed by atoms with van der Waals surface area (Å²) in [4.78, 5) is 3.63. The number of fused-ring (bicyclic) bond motifs is 1. The van der Waals surface area contributed by atoms with Gasteiger partial charge in [-0.1, -0.05) is 12.1 Å². The molecule has 1 aliphatic heterocycles. The first kappa shape index (κ1) is 18.2. The summed E-state index contributed by atoms with van der Waals surface area (Å²) in [6.45, 7) is 1.63. The average Bonchev–Trinajstić information content (AvgIpc) is 2.94. The Balaban J connectivity index is 1.67. The van der Waals surface area contributed by atoms with E-state index in [0.717, 1.165) is 11.6 Å². The predicted molar refractivity (Wildman–Crippen MR) is 95.1 cm³/mol. The fraction of sp³-hybridized carbons (Fsp3) is 0.294. The molecule has 0 unspecified atom stereocenters. The maximum absolute atomic E-state index is 13.2. The van der Waals surface area contributed by atoms with Crippen molar-refractivity contribution in [1.29, 1.82) is 0 Å². The maximum atomic E-state index is 13.2. The summed E-state index contributed by atoms with van der Waals surface area (Å²) in [7, 11) is 0. The monoisotopic (exact) mass is 443 g/mol. The highest BCUT2D eigenvalue weighted by atomic mass is 79.9. The number of benzene rings is 1. The van der Waals surface area contributed by atoms with Crippen molar-refractivity contribution in [3.63, 3.8) is 0 Å². The fourth-order valence-electron chi connectivity index (χ4n) is 3.14. The van der Waals surface area contributed by atoms with Gasteiger partial charge >= 0.3 is 6.18 Å². The number of halogens is 5. The topological polar surface area (TPSA) is 54.2 Å². The van der Waals surface area contributed by atoms with Crippen LogP contribution in [0.25, 0.3) is 5.65 Å². The van der Waals surface area contributed by atoms with E-state index in [-0.39, 0.29) is 22.7 Å². The van der Waals surface area contributed by atoms with Gasteiger partial charge in [0, 0.05) is 37.2 Å². The number of anilines is 1. The van der Waals surface area contributed by atoms with Crippen LogP contribution in [0.5, 0.6) is 0 Å². The molecule has 1 aromatic carbocycles. The van der Waals surface area contributed by atoms with Gasteiger partial charge in [0.25, 0.3) is 0 Å². The third kappa shape index (κ3) is 3.39. The third-order valence-corrected chi connectivity index (χ3v) is 5.07. The molecule has 10 heteroatoms. The lowest BCUT2D eigenvalue weighted by molar-refractivity contribution is -0.141. The van der Waals surface area contributed by atoms with Crippen LogP contribution in [-0.4, -0.2) is 34.2 Å². The Bertz CT molecular complexity index is 979. The summed E-state index contributed by atoms with van der Waals surface area (Å²) in [6, 6.07) is 8.52. The second kappa shape index (κ2) is 6.45. The Labute approximate surface area is 159 Å². The first-order valence-electron chi connectivity index (χ1n) is 8.11. The smallest absolute Gasteiger partial charge is 0.369 e. The van der Waals surface area contributed by atoms with Gasteiger partial charge in [-0.2, -0.15) is 22.8 Å². The van der Waals surface area contributed by atoms with Crippen molar-refractivity contribution >= 4 is 27.4 Å². The molecule has 1 saturated heterocycles. The minimum absolute atomic E-state index is 0.0850. The Morgan fingerprint density at radius 1 is 1.19 bits per heavy atom. The maximum Gasteiger partial charge on any atom is 0.433 e. The molecule has 2 aromatic heterocycles. The molecule has 0 spiro atoms. The van der Waals surface area contributed by atoms with Crippen LogP contribution >= 0.6 is 15.9 Å². The van der Waals surface area contributed by atoms with E-state index >= 15 is 0 Å². The van der Waals surface area contributed by atoms with Crippen LogP contribution in [0.2, 0.25) is 0 Å². The second-order valence-corrected chi connectivity index (χ2v) is 7.32. The lowest BCUT2D eigenvalue weighted by Crippen LogP contribution is -2.60. The molecule has 142 valence electrons. The summed E-state index contributed by atoms with van der Waals surface area (Å²) in [5.41, 5.74) is -0.334. The number of hydrogen-bond donors (Lipinski definition) is 2. The lowest BCUT2D eigenvalue weighted by Gasteiger charge is -2.43. The lowest BCUT2D eigenvalue weighted by atomic mass is 9.75. The first-order chi connectivity index (χ1) is 12.8. The van der Waals surface area contributed by atoms with Crippen molar-refractivity contribution in [2.24, 2.45) is 0 Å². The number of rotatable bonds is 4. The minimum Gasteiger partial charge on any atom is -0.369 e. The summed E-state index contributed by atoms with van der Waals surface area (Å²) in [5.74, 6) is -0.146. The fourth-order valence-corrected chi connectivity index (χ4v) is 3.50. The van der Waals surface area contributed by atoms with E-state index in [1.165, 1.54) is 22.7 Å². The summed E-state index contributed by atoms with van der Waals surface area (Å²) >= 11 is 3.17. The molecule has 0 radical (unpaired) electrons. The molecule has 0 saturated carbocycles. The quantitative estimate of drug-likeness (QED) is 0.604. The molecule has 0 atom stereocenters. The molecule has 27 heavy (non-hydrogen) atoms. The molecule has 0 aliphatic carbocycles. The molecule has 5 nitrogen and oxygen atoms in total. The van der Waals surface area contributed by atoms with Gasteiger partial charge < -0.3 is 10.6 Å². The van der Waals surface area contributed by atoms with Crippen LogP contribution in [0, 0.1) is 5.82 Å². The van der Waals surface area contributed by atoms with Crippen molar-refractivity contribution in [3.05, 3.63) is 58.1 Å². The van der Waals surface area contributed by atoms with Crippen molar-refractivity contribution in [3.8, 4) is 0 Å². The molecule has 3 heterocycles. The average molecular weight is 444 g/mol. The van der Waals surface area contributed by atoms with Gasteiger partial charge in [0.05, 0.1) is 0 Å². The van der Waals surface area contributed by atoms with Gasteiger partial charge in [-0.15, -0.1) is 0 Å². The van der Waals surface area contributed by atoms with E-state index in [2.05, 4.69) is 36.6 Å². The third-order valence-electron chi connectivity index (χ3n) is 4.68. The van der Waals surface area contributed by atoms with Gasteiger partial charge in [0.2, 0.25) is 0 Å². The minimum atomic E-state index is -4.57. The summed E-state index contributed by atoms with van der Waals surface area (Å²) in [5, 5.41) is 10.4. The van der Waals surface area contributed by atoms with E-state index in [1.54, 1.807) is 12.1 Å². The van der Waals surface area contributed by atoms with Crippen LogP contribution in [-0.2, 0) is 11.6 Å². The van der Waals surface area contributed by atoms with E-state index in [9.17, 15) is 17.6 Å². The summed E-state index contributed by atoms with van der Waals surface area (Å²) < 4.78 is 54.5. The van der Waals surface area contributed by atoms with Crippen LogP contribution in [0.4, 0.5) is 23.4 Å². The second-order valence-electron chi connectivity index (χ2n) is 6.51. The molecule has 2 N–H and O–H groups in total.